The van der Waals surface area contributed by atoms with Crippen molar-refractivity contribution < 1.29 is 35.9 Å². The number of aryl methyl sites for hydroxylation is 1. The lowest BCUT2D eigenvalue weighted by Crippen LogP contribution is -2.34. The lowest BCUT2D eigenvalue weighted by atomic mass is 10.1. The lowest BCUT2D eigenvalue weighted by molar-refractivity contribution is -0.297. The molecule has 0 unspecified atom stereocenters. The molecule has 1 aliphatic rings. The third-order valence-electron chi connectivity index (χ3n) is 4.35. The Morgan fingerprint density at radius 1 is 1.06 bits per heavy atom. The molecule has 0 N–H and O–H groups in total. The molecule has 1 aliphatic heterocycles. The number of alkyl halides is 5. The van der Waals surface area contributed by atoms with E-state index in [4.69, 9.17) is 16.3 Å². The summed E-state index contributed by atoms with van der Waals surface area (Å²) in [5.41, 5.74) is 1.50. The van der Waals surface area contributed by atoms with Crippen molar-refractivity contribution >= 4 is 29.2 Å². The van der Waals surface area contributed by atoms with E-state index >= 15 is 0 Å². The average molecular weight is 458 g/mol. The van der Waals surface area contributed by atoms with Crippen molar-refractivity contribution in [1.29, 1.82) is 0 Å². The summed E-state index contributed by atoms with van der Waals surface area (Å²) >= 11 is 6.01. The van der Waals surface area contributed by atoms with Gasteiger partial charge in [-0.1, -0.05) is 17.7 Å². The van der Waals surface area contributed by atoms with Gasteiger partial charge in [-0.25, -0.2) is 9.79 Å². The van der Waals surface area contributed by atoms with Crippen molar-refractivity contribution in [2.45, 2.75) is 19.0 Å². The number of aromatic nitrogens is 2. The highest BCUT2D eigenvalue weighted by molar-refractivity contribution is 6.36. The third kappa shape index (κ3) is 3.54. The van der Waals surface area contributed by atoms with Crippen LogP contribution in [0.3, 0.4) is 0 Å². The average Bonchev–Trinajstić information content (AvgIpc) is 3.29. The summed E-state index contributed by atoms with van der Waals surface area (Å²) in [5, 5.41) is 6.31. The summed E-state index contributed by atoms with van der Waals surface area (Å²) in [5.74, 6) is -8.30. The van der Waals surface area contributed by atoms with Crippen LogP contribution in [-0.2, 0) is 10.7 Å². The van der Waals surface area contributed by atoms with Gasteiger partial charge in [0, 0.05) is 5.56 Å². The number of carbonyl (C=O) groups is 1. The van der Waals surface area contributed by atoms with Crippen molar-refractivity contribution in [2.24, 2.45) is 4.99 Å². The van der Waals surface area contributed by atoms with Crippen LogP contribution >= 0.6 is 11.6 Å². The zero-order valence-corrected chi connectivity index (χ0v) is 16.1. The molecule has 0 amide bonds. The number of esters is 1. The second-order valence-corrected chi connectivity index (χ2v) is 6.86. The minimum atomic E-state index is -5.87. The van der Waals surface area contributed by atoms with Crippen molar-refractivity contribution in [1.82, 2.24) is 10.2 Å². The number of rotatable bonds is 3. The first-order chi connectivity index (χ1) is 14.5. The van der Waals surface area contributed by atoms with Gasteiger partial charge in [0.25, 0.3) is 5.89 Å². The maximum absolute atomic E-state index is 13.4. The Hall–Kier alpha value is -3.34. The molecule has 0 aliphatic carbocycles. The Morgan fingerprint density at radius 2 is 1.81 bits per heavy atom. The molecule has 2 heterocycles. The van der Waals surface area contributed by atoms with E-state index in [0.29, 0.717) is 16.8 Å². The molecule has 0 spiro atoms. The molecule has 160 valence electrons. The Kier molecular flexibility index (Phi) is 4.80. The van der Waals surface area contributed by atoms with Crippen LogP contribution in [0, 0.1) is 6.92 Å². The van der Waals surface area contributed by atoms with Gasteiger partial charge in [0.05, 0.1) is 21.8 Å². The van der Waals surface area contributed by atoms with E-state index in [2.05, 4.69) is 19.6 Å². The molecule has 0 radical (unpaired) electrons. The summed E-state index contributed by atoms with van der Waals surface area (Å²) in [6.45, 7) is 1.60. The molecule has 0 atom stereocenters. The summed E-state index contributed by atoms with van der Waals surface area (Å²) < 4.78 is 73.8. The molecule has 4 rings (SSSR count). The van der Waals surface area contributed by atoms with E-state index < -0.39 is 29.8 Å². The van der Waals surface area contributed by atoms with E-state index in [1.165, 1.54) is 24.3 Å². The Balaban J connectivity index is 1.66. The summed E-state index contributed by atoms with van der Waals surface area (Å²) in [4.78, 5) is 16.3. The molecule has 0 saturated heterocycles. The fourth-order valence-corrected chi connectivity index (χ4v) is 3.05. The van der Waals surface area contributed by atoms with Crippen LogP contribution < -0.4 is 0 Å². The minimum Gasteiger partial charge on any atom is -0.415 e. The maximum atomic E-state index is 13.4. The normalized spacial score (nSPS) is 15.3. The van der Waals surface area contributed by atoms with Gasteiger partial charge >= 0.3 is 18.1 Å². The molecule has 0 bridgehead atoms. The number of cyclic esters (lactones) is 1. The highest BCUT2D eigenvalue weighted by Crippen LogP contribution is 2.43. The molecule has 3 aromatic rings. The van der Waals surface area contributed by atoms with Crippen LogP contribution in [0.5, 0.6) is 0 Å². The number of hydrogen-bond acceptors (Lipinski definition) is 6. The second-order valence-electron chi connectivity index (χ2n) is 6.45. The standard InChI is InChI=1S/C19H9ClF5N3O3/c1-8-7-9(14-27-28-17(31-14)18(21,22)19(23,24)25)5-6-12(8)26-15-10-3-2-4-11(20)13(10)16(29)30-15/h2-7H,1H3/b26-15-. The van der Waals surface area contributed by atoms with Crippen molar-refractivity contribution in [2.75, 3.05) is 0 Å². The molecule has 12 heteroatoms. The monoisotopic (exact) mass is 457 g/mol. The predicted molar refractivity (Wildman–Crippen MR) is 97.5 cm³/mol. The zero-order chi connectivity index (χ0) is 22.6. The minimum absolute atomic E-state index is 0.0169. The number of fused-ring (bicyclic) bond motifs is 1. The Labute approximate surface area is 175 Å². The second kappa shape index (κ2) is 7.12. The summed E-state index contributed by atoms with van der Waals surface area (Å²) in [6, 6.07) is 8.93. The van der Waals surface area contributed by atoms with Gasteiger partial charge in [0.2, 0.25) is 11.8 Å². The fourth-order valence-electron chi connectivity index (χ4n) is 2.80. The number of benzene rings is 2. The molecule has 31 heavy (non-hydrogen) atoms. The first-order valence-electron chi connectivity index (χ1n) is 8.48. The van der Waals surface area contributed by atoms with Crippen LogP contribution in [-0.4, -0.2) is 28.2 Å². The van der Waals surface area contributed by atoms with Crippen LogP contribution in [0.25, 0.3) is 11.5 Å². The third-order valence-corrected chi connectivity index (χ3v) is 4.67. The molecular formula is C19H9ClF5N3O3. The van der Waals surface area contributed by atoms with E-state index in [0.717, 1.165) is 0 Å². The first kappa shape index (κ1) is 20.9. The highest BCUT2D eigenvalue weighted by Gasteiger charge is 2.63. The SMILES string of the molecule is Cc1cc(-c2nnc(C(F)(F)C(F)(F)F)o2)ccc1/N=C1\OC(=O)c2c(Cl)cccc21. The number of nitrogens with zero attached hydrogens (tertiary/aromatic N) is 3. The van der Waals surface area contributed by atoms with Crippen molar-refractivity contribution in [3.63, 3.8) is 0 Å². The first-order valence-corrected chi connectivity index (χ1v) is 8.86. The van der Waals surface area contributed by atoms with E-state index in [9.17, 15) is 26.7 Å². The molecule has 1 aromatic heterocycles. The smallest absolute Gasteiger partial charge is 0.415 e. The molecular weight excluding hydrogens is 449 g/mol. The molecule has 6 nitrogen and oxygen atoms in total. The van der Waals surface area contributed by atoms with Crippen molar-refractivity contribution in [3.8, 4) is 11.5 Å². The van der Waals surface area contributed by atoms with Crippen molar-refractivity contribution in [3.05, 3.63) is 64.0 Å². The summed E-state index contributed by atoms with van der Waals surface area (Å²) in [7, 11) is 0. The van der Waals surface area contributed by atoms with Gasteiger partial charge in [-0.15, -0.1) is 10.2 Å². The Morgan fingerprint density at radius 3 is 2.48 bits per heavy atom. The van der Waals surface area contributed by atoms with E-state index in [1.54, 1.807) is 19.1 Å². The van der Waals surface area contributed by atoms with Gasteiger partial charge in [0.1, 0.15) is 0 Å². The topological polar surface area (TPSA) is 77.6 Å². The summed E-state index contributed by atoms with van der Waals surface area (Å²) in [6.07, 6.45) is -5.87. The maximum Gasteiger partial charge on any atom is 0.463 e. The number of carbonyl (C=O) groups excluding carboxylic acids is 1. The Bertz CT molecular complexity index is 1240. The predicted octanol–water partition coefficient (Wildman–Crippen LogP) is 5.60. The van der Waals surface area contributed by atoms with E-state index in [1.807, 2.05) is 0 Å². The van der Waals surface area contributed by atoms with Gasteiger partial charge in [-0.2, -0.15) is 22.0 Å². The van der Waals surface area contributed by atoms with Crippen LogP contribution in [0.4, 0.5) is 27.6 Å². The number of ether oxygens (including phenoxy) is 1. The zero-order valence-electron chi connectivity index (χ0n) is 15.3. The molecule has 2 aromatic carbocycles. The van der Waals surface area contributed by atoms with Gasteiger partial charge in [0.15, 0.2) is 0 Å². The quantitative estimate of drug-likeness (QED) is 0.378. The molecule has 0 fully saturated rings. The fraction of sp³-hybridized carbons (Fsp3) is 0.158. The number of halogens is 6. The molecule has 0 saturated carbocycles. The van der Waals surface area contributed by atoms with E-state index in [-0.39, 0.29) is 22.0 Å². The van der Waals surface area contributed by atoms with Crippen LogP contribution in [0.2, 0.25) is 5.02 Å². The van der Waals surface area contributed by atoms with Crippen LogP contribution in [0.15, 0.2) is 45.8 Å². The lowest BCUT2D eigenvalue weighted by Gasteiger charge is -2.14. The van der Waals surface area contributed by atoms with Gasteiger partial charge < -0.3 is 9.15 Å². The number of hydrogen-bond donors (Lipinski definition) is 0. The van der Waals surface area contributed by atoms with Crippen LogP contribution in [0.1, 0.15) is 27.4 Å². The largest absolute Gasteiger partial charge is 0.463 e. The van der Waals surface area contributed by atoms with Gasteiger partial charge in [-0.3, -0.25) is 0 Å². The highest BCUT2D eigenvalue weighted by atomic mass is 35.5. The van der Waals surface area contributed by atoms with Gasteiger partial charge in [-0.05, 0) is 42.8 Å². The number of aliphatic imine (C=N–C) groups is 1.